The van der Waals surface area contributed by atoms with Crippen molar-refractivity contribution < 1.29 is 9.59 Å². The van der Waals surface area contributed by atoms with E-state index in [4.69, 9.17) is 0 Å². The monoisotopic (exact) mass is 359 g/mol. The fourth-order valence-electron chi connectivity index (χ4n) is 3.14. The summed E-state index contributed by atoms with van der Waals surface area (Å²) in [6.07, 6.45) is 2.63. The van der Waals surface area contributed by atoms with Crippen LogP contribution in [-0.4, -0.2) is 36.3 Å². The molecule has 2 N–H and O–H groups in total. The van der Waals surface area contributed by atoms with E-state index in [1.54, 1.807) is 0 Å². The van der Waals surface area contributed by atoms with Crippen LogP contribution >= 0.6 is 0 Å². The van der Waals surface area contributed by atoms with Crippen LogP contribution in [0.4, 0.5) is 0 Å². The lowest BCUT2D eigenvalue weighted by atomic mass is 9.96. The molecule has 0 aromatic heterocycles. The number of hydrogen-bond donors (Lipinski definition) is 2. The van der Waals surface area contributed by atoms with E-state index in [0.717, 1.165) is 18.0 Å². The van der Waals surface area contributed by atoms with Crippen LogP contribution in [0.2, 0.25) is 0 Å². The van der Waals surface area contributed by atoms with Gasteiger partial charge in [0.25, 0.3) is 0 Å². The maximum Gasteiger partial charge on any atom is 0.239 e. The molecular weight excluding hydrogens is 326 g/mol. The highest BCUT2D eigenvalue weighted by molar-refractivity contribution is 5.87. The van der Waals surface area contributed by atoms with Gasteiger partial charge in [-0.1, -0.05) is 52.0 Å². The third-order valence-electron chi connectivity index (χ3n) is 4.75. The van der Waals surface area contributed by atoms with E-state index in [0.29, 0.717) is 6.54 Å². The predicted octanol–water partition coefficient (Wildman–Crippen LogP) is 2.70. The predicted molar refractivity (Wildman–Crippen MR) is 104 cm³/mol. The first kappa shape index (κ1) is 20.4. The van der Waals surface area contributed by atoms with Gasteiger partial charge in [0.15, 0.2) is 0 Å². The molecule has 2 rings (SSSR count). The molecule has 2 amide bonds. The number of amides is 2. The van der Waals surface area contributed by atoms with Crippen molar-refractivity contribution in [1.29, 1.82) is 0 Å². The summed E-state index contributed by atoms with van der Waals surface area (Å²) in [6.45, 7) is 11.6. The molecule has 1 saturated heterocycles. The Bertz CT molecular complexity index is 605. The van der Waals surface area contributed by atoms with Crippen molar-refractivity contribution in [2.75, 3.05) is 19.6 Å². The molecule has 0 spiro atoms. The van der Waals surface area contributed by atoms with Crippen molar-refractivity contribution in [2.45, 2.75) is 53.6 Å². The second kappa shape index (κ2) is 9.17. The van der Waals surface area contributed by atoms with Crippen molar-refractivity contribution >= 4 is 11.8 Å². The van der Waals surface area contributed by atoms with Crippen molar-refractivity contribution in [3.63, 3.8) is 0 Å². The highest BCUT2D eigenvalue weighted by Gasteiger charge is 2.21. The van der Waals surface area contributed by atoms with Crippen molar-refractivity contribution in [3.8, 4) is 0 Å². The SMILES string of the molecule is CC1CCCN(Cc2ccc(CNC(=O)CNC(=O)C(C)(C)C)cc2)C1. The Morgan fingerprint density at radius 1 is 1.12 bits per heavy atom. The maximum atomic E-state index is 11.9. The average Bonchev–Trinajstić information content (AvgIpc) is 2.58. The van der Waals surface area contributed by atoms with Crippen molar-refractivity contribution in [1.82, 2.24) is 15.5 Å². The summed E-state index contributed by atoms with van der Waals surface area (Å²) in [6, 6.07) is 8.41. The van der Waals surface area contributed by atoms with Crippen molar-refractivity contribution in [3.05, 3.63) is 35.4 Å². The molecule has 0 radical (unpaired) electrons. The van der Waals surface area contributed by atoms with Gasteiger partial charge >= 0.3 is 0 Å². The Kier molecular flexibility index (Phi) is 7.21. The highest BCUT2D eigenvalue weighted by Crippen LogP contribution is 2.18. The number of rotatable bonds is 6. The number of nitrogens with zero attached hydrogens (tertiary/aromatic N) is 1. The van der Waals surface area contributed by atoms with Gasteiger partial charge in [-0.25, -0.2) is 0 Å². The standard InChI is InChI=1S/C21H33N3O2/c1-16-6-5-11-24(14-16)15-18-9-7-17(8-10-18)12-22-19(25)13-23-20(26)21(2,3)4/h7-10,16H,5-6,11-15H2,1-4H3,(H,22,25)(H,23,26). The topological polar surface area (TPSA) is 61.4 Å². The zero-order valence-corrected chi connectivity index (χ0v) is 16.6. The van der Waals surface area contributed by atoms with Gasteiger partial charge in [0.1, 0.15) is 0 Å². The molecule has 1 aliphatic heterocycles. The zero-order chi connectivity index (χ0) is 19.2. The van der Waals surface area contributed by atoms with Gasteiger partial charge < -0.3 is 10.6 Å². The van der Waals surface area contributed by atoms with Gasteiger partial charge in [-0.2, -0.15) is 0 Å². The van der Waals surface area contributed by atoms with E-state index in [1.165, 1.54) is 31.5 Å². The third kappa shape index (κ3) is 6.79. The Balaban J connectivity index is 1.73. The van der Waals surface area contributed by atoms with Crippen LogP contribution in [-0.2, 0) is 22.7 Å². The van der Waals surface area contributed by atoms with Crippen LogP contribution in [0.25, 0.3) is 0 Å². The molecule has 0 saturated carbocycles. The van der Waals surface area contributed by atoms with Gasteiger partial charge in [0.2, 0.25) is 11.8 Å². The van der Waals surface area contributed by atoms with Crippen LogP contribution in [0.3, 0.4) is 0 Å². The van der Waals surface area contributed by atoms with Crippen LogP contribution in [0, 0.1) is 11.3 Å². The molecule has 1 unspecified atom stereocenters. The number of likely N-dealkylation sites (tertiary alicyclic amines) is 1. The van der Waals surface area contributed by atoms with Gasteiger partial charge in [-0.3, -0.25) is 14.5 Å². The van der Waals surface area contributed by atoms with Gasteiger partial charge in [-0.15, -0.1) is 0 Å². The molecule has 1 aromatic carbocycles. The summed E-state index contributed by atoms with van der Waals surface area (Å²) < 4.78 is 0. The first-order valence-corrected chi connectivity index (χ1v) is 9.59. The van der Waals surface area contributed by atoms with Gasteiger partial charge in [0, 0.05) is 25.0 Å². The molecule has 5 nitrogen and oxygen atoms in total. The van der Waals surface area contributed by atoms with Gasteiger partial charge in [-0.05, 0) is 36.4 Å². The number of carbonyl (C=O) groups excluding carboxylic acids is 2. The Morgan fingerprint density at radius 3 is 2.38 bits per heavy atom. The number of hydrogen-bond acceptors (Lipinski definition) is 3. The van der Waals surface area contributed by atoms with Crippen LogP contribution < -0.4 is 10.6 Å². The fourth-order valence-corrected chi connectivity index (χ4v) is 3.14. The van der Waals surface area contributed by atoms with Crippen molar-refractivity contribution in [2.24, 2.45) is 11.3 Å². The Hall–Kier alpha value is -1.88. The lowest BCUT2D eigenvalue weighted by Gasteiger charge is -2.30. The maximum absolute atomic E-state index is 11.9. The number of nitrogens with one attached hydrogen (secondary N) is 2. The van der Waals surface area contributed by atoms with Crippen LogP contribution in [0.15, 0.2) is 24.3 Å². The summed E-state index contributed by atoms with van der Waals surface area (Å²) in [5, 5.41) is 5.51. The van der Waals surface area contributed by atoms with Crippen LogP contribution in [0.5, 0.6) is 0 Å². The highest BCUT2D eigenvalue weighted by atomic mass is 16.2. The third-order valence-corrected chi connectivity index (χ3v) is 4.75. The molecule has 1 fully saturated rings. The molecular formula is C21H33N3O2. The molecule has 26 heavy (non-hydrogen) atoms. The molecule has 1 heterocycles. The second-order valence-corrected chi connectivity index (χ2v) is 8.51. The minimum absolute atomic E-state index is 0.0152. The quantitative estimate of drug-likeness (QED) is 0.821. The first-order chi connectivity index (χ1) is 12.2. The summed E-state index contributed by atoms with van der Waals surface area (Å²) in [7, 11) is 0. The van der Waals surface area contributed by atoms with E-state index in [1.807, 2.05) is 20.8 Å². The van der Waals surface area contributed by atoms with E-state index >= 15 is 0 Å². The average molecular weight is 360 g/mol. The summed E-state index contributed by atoms with van der Waals surface area (Å²) in [5.74, 6) is 0.495. The Labute approximate surface area is 157 Å². The minimum Gasteiger partial charge on any atom is -0.350 e. The lowest BCUT2D eigenvalue weighted by Crippen LogP contribution is -2.41. The molecule has 144 valence electrons. The smallest absolute Gasteiger partial charge is 0.239 e. The number of piperidine rings is 1. The van der Waals surface area contributed by atoms with E-state index in [2.05, 4.69) is 46.7 Å². The lowest BCUT2D eigenvalue weighted by molar-refractivity contribution is -0.131. The molecule has 1 aliphatic rings. The number of benzene rings is 1. The normalized spacial score (nSPS) is 18.4. The second-order valence-electron chi connectivity index (χ2n) is 8.51. The zero-order valence-electron chi connectivity index (χ0n) is 16.6. The molecule has 1 atom stereocenters. The van der Waals surface area contributed by atoms with Gasteiger partial charge in [0.05, 0.1) is 6.54 Å². The minimum atomic E-state index is -0.484. The molecule has 0 bridgehead atoms. The number of carbonyl (C=O) groups is 2. The largest absolute Gasteiger partial charge is 0.350 e. The molecule has 0 aliphatic carbocycles. The van der Waals surface area contributed by atoms with E-state index in [9.17, 15) is 9.59 Å². The van der Waals surface area contributed by atoms with E-state index in [-0.39, 0.29) is 18.4 Å². The summed E-state index contributed by atoms with van der Waals surface area (Å²) in [5.41, 5.74) is 1.89. The fraction of sp³-hybridized carbons (Fsp3) is 0.619. The molecule has 1 aromatic rings. The Morgan fingerprint density at radius 2 is 1.77 bits per heavy atom. The summed E-state index contributed by atoms with van der Waals surface area (Å²) in [4.78, 5) is 26.2. The molecule has 5 heteroatoms. The summed E-state index contributed by atoms with van der Waals surface area (Å²) >= 11 is 0. The van der Waals surface area contributed by atoms with Crippen LogP contribution in [0.1, 0.15) is 51.7 Å². The first-order valence-electron chi connectivity index (χ1n) is 9.59. The van der Waals surface area contributed by atoms with E-state index < -0.39 is 5.41 Å².